The fourth-order valence-corrected chi connectivity index (χ4v) is 7.26. The topological polar surface area (TPSA) is 111 Å². The van der Waals surface area contributed by atoms with Gasteiger partial charge in [0.2, 0.25) is 0 Å². The van der Waals surface area contributed by atoms with Crippen molar-refractivity contribution in [3.05, 3.63) is 41.2 Å². The van der Waals surface area contributed by atoms with E-state index in [4.69, 9.17) is 4.74 Å². The first-order valence-electron chi connectivity index (χ1n) is 11.8. The number of rotatable bonds is 4. The van der Waals surface area contributed by atoms with E-state index < -0.39 is 17.1 Å². The second kappa shape index (κ2) is 6.26. The van der Waals surface area contributed by atoms with Crippen LogP contribution in [0.25, 0.3) is 0 Å². The van der Waals surface area contributed by atoms with E-state index in [2.05, 4.69) is 20.4 Å². The van der Waals surface area contributed by atoms with Crippen molar-refractivity contribution < 1.29 is 19.7 Å². The van der Waals surface area contributed by atoms with E-state index in [9.17, 15) is 15.0 Å². The molecular formula is C24H28N4O4. The number of likely N-dealkylation sites (tertiary alicyclic amines) is 1. The average molecular weight is 437 g/mol. The third-order valence-corrected chi connectivity index (χ3v) is 8.84. The van der Waals surface area contributed by atoms with Crippen LogP contribution in [0, 0.1) is 5.92 Å². The van der Waals surface area contributed by atoms with Gasteiger partial charge in [0.15, 0.2) is 11.5 Å². The number of phenolic OH excluding ortho intramolecular Hbond substituents is 1. The standard InChI is InChI=1S/C24H28N4O4/c29-17-4-3-14-9-18-24(31)6-5-16(27-22(30)15-10-25-26-11-15)21-23(24,19(14)20(17)32-21)7-8-28(18)12-13-1-2-13/h3-4,10-11,13,16,18,21,29,31H,1-2,5-9,12H2,(H,25,26)(H,27,30)/t16-,18-,21+,23+,24-/m1/s1. The van der Waals surface area contributed by atoms with Crippen LogP contribution in [-0.4, -0.2) is 68.1 Å². The maximum Gasteiger partial charge on any atom is 0.254 e. The van der Waals surface area contributed by atoms with Crippen LogP contribution >= 0.6 is 0 Å². The number of hydrogen-bond donors (Lipinski definition) is 4. The van der Waals surface area contributed by atoms with Crippen LogP contribution in [0.3, 0.4) is 0 Å². The number of hydrogen-bond acceptors (Lipinski definition) is 6. The van der Waals surface area contributed by atoms with Gasteiger partial charge in [-0.3, -0.25) is 14.8 Å². The van der Waals surface area contributed by atoms with Crippen LogP contribution in [0.4, 0.5) is 0 Å². The number of phenols is 1. The summed E-state index contributed by atoms with van der Waals surface area (Å²) in [6.07, 6.45) is 8.01. The molecule has 1 saturated heterocycles. The van der Waals surface area contributed by atoms with Gasteiger partial charge in [0, 0.05) is 24.3 Å². The number of aromatic amines is 1. The number of nitrogens with one attached hydrogen (secondary N) is 2. The summed E-state index contributed by atoms with van der Waals surface area (Å²) < 4.78 is 6.47. The van der Waals surface area contributed by atoms with Gasteiger partial charge in [-0.1, -0.05) is 6.07 Å². The molecule has 1 aromatic carbocycles. The third kappa shape index (κ3) is 2.29. The molecule has 8 heteroatoms. The molecule has 32 heavy (non-hydrogen) atoms. The van der Waals surface area contributed by atoms with Gasteiger partial charge in [-0.05, 0) is 62.6 Å². The van der Waals surface area contributed by atoms with Crippen LogP contribution < -0.4 is 10.1 Å². The maximum absolute atomic E-state index is 12.8. The molecule has 1 aromatic heterocycles. The zero-order valence-corrected chi connectivity index (χ0v) is 17.9. The van der Waals surface area contributed by atoms with Gasteiger partial charge in [0.1, 0.15) is 6.10 Å². The predicted molar refractivity (Wildman–Crippen MR) is 115 cm³/mol. The summed E-state index contributed by atoms with van der Waals surface area (Å²) in [5.41, 5.74) is 1.06. The molecule has 2 saturated carbocycles. The number of nitrogens with zero attached hydrogens (tertiary/aromatic N) is 2. The number of aromatic nitrogens is 2. The van der Waals surface area contributed by atoms with Crippen molar-refractivity contribution in [1.29, 1.82) is 0 Å². The Morgan fingerprint density at radius 2 is 2.19 bits per heavy atom. The highest BCUT2D eigenvalue weighted by Gasteiger charge is 2.73. The van der Waals surface area contributed by atoms with Crippen molar-refractivity contribution in [2.75, 3.05) is 13.1 Å². The highest BCUT2D eigenvalue weighted by Crippen LogP contribution is 2.65. The maximum atomic E-state index is 12.8. The largest absolute Gasteiger partial charge is 0.504 e. The van der Waals surface area contributed by atoms with Gasteiger partial charge < -0.3 is 20.3 Å². The summed E-state index contributed by atoms with van der Waals surface area (Å²) in [7, 11) is 0. The normalized spacial score (nSPS) is 37.0. The van der Waals surface area contributed by atoms with Crippen LogP contribution in [0.15, 0.2) is 24.5 Å². The molecule has 5 atom stereocenters. The summed E-state index contributed by atoms with van der Waals surface area (Å²) in [6.45, 7) is 1.95. The number of piperidine rings is 1. The lowest BCUT2D eigenvalue weighted by atomic mass is 9.48. The lowest BCUT2D eigenvalue weighted by molar-refractivity contribution is -0.191. The van der Waals surface area contributed by atoms with Gasteiger partial charge in [0.05, 0.1) is 28.8 Å². The molecule has 3 heterocycles. The Kier molecular flexibility index (Phi) is 3.71. The van der Waals surface area contributed by atoms with E-state index >= 15 is 0 Å². The Labute approximate surface area is 186 Å². The fraction of sp³-hybridized carbons (Fsp3) is 0.583. The second-order valence-corrected chi connectivity index (χ2v) is 10.4. The summed E-state index contributed by atoms with van der Waals surface area (Å²) in [4.78, 5) is 15.4. The molecule has 2 aliphatic heterocycles. The summed E-state index contributed by atoms with van der Waals surface area (Å²) in [5.74, 6) is 1.18. The summed E-state index contributed by atoms with van der Waals surface area (Å²) in [6, 6.07) is 3.50. The highest BCUT2D eigenvalue weighted by atomic mass is 16.5. The molecule has 0 unspecified atom stereocenters. The molecule has 3 fully saturated rings. The smallest absolute Gasteiger partial charge is 0.254 e. The SMILES string of the molecule is O=C(N[C@@H]1CC[C@@]2(O)[C@H]3Cc4ccc(O)c5c4[C@@]2(CCN3CC2CC2)[C@H]1O5)c1cn[nH]c1. The number of amides is 1. The molecule has 7 rings (SSSR count). The lowest BCUT2D eigenvalue weighted by Gasteiger charge is -2.64. The zero-order chi connectivity index (χ0) is 21.7. The number of ether oxygens (including phenoxy) is 1. The quantitative estimate of drug-likeness (QED) is 0.578. The van der Waals surface area contributed by atoms with E-state index in [0.717, 1.165) is 43.0 Å². The summed E-state index contributed by atoms with van der Waals surface area (Å²) in [5, 5.41) is 32.8. The van der Waals surface area contributed by atoms with Gasteiger partial charge in [-0.25, -0.2) is 0 Å². The first kappa shape index (κ1) is 18.9. The number of carbonyl (C=O) groups excluding carboxylic acids is 1. The first-order chi connectivity index (χ1) is 15.5. The molecule has 8 nitrogen and oxygen atoms in total. The molecule has 2 aromatic rings. The lowest BCUT2D eigenvalue weighted by Crippen LogP contribution is -2.78. The van der Waals surface area contributed by atoms with Crippen LogP contribution in [0.5, 0.6) is 11.5 Å². The van der Waals surface area contributed by atoms with Crippen LogP contribution in [-0.2, 0) is 11.8 Å². The van der Waals surface area contributed by atoms with Crippen molar-refractivity contribution in [3.8, 4) is 11.5 Å². The zero-order valence-electron chi connectivity index (χ0n) is 17.9. The van der Waals surface area contributed by atoms with E-state index in [-0.39, 0.29) is 23.7 Å². The number of aromatic hydroxyl groups is 1. The van der Waals surface area contributed by atoms with Crippen molar-refractivity contribution in [2.45, 2.75) is 67.7 Å². The van der Waals surface area contributed by atoms with Gasteiger partial charge in [-0.2, -0.15) is 5.10 Å². The average Bonchev–Trinajstić information content (AvgIpc) is 3.27. The van der Waals surface area contributed by atoms with Crippen molar-refractivity contribution in [2.24, 2.45) is 5.92 Å². The molecule has 3 aliphatic carbocycles. The minimum absolute atomic E-state index is 0.0384. The van der Waals surface area contributed by atoms with Crippen molar-refractivity contribution in [1.82, 2.24) is 20.4 Å². The van der Waals surface area contributed by atoms with E-state index in [0.29, 0.717) is 24.2 Å². The van der Waals surface area contributed by atoms with Crippen LogP contribution in [0.2, 0.25) is 0 Å². The van der Waals surface area contributed by atoms with E-state index in [1.165, 1.54) is 19.0 Å². The molecule has 1 amide bonds. The molecule has 1 spiro atoms. The molecule has 5 aliphatic rings. The Bertz CT molecular complexity index is 1100. The number of carbonyl (C=O) groups is 1. The Hall–Kier alpha value is -2.58. The van der Waals surface area contributed by atoms with E-state index in [1.807, 2.05) is 6.07 Å². The van der Waals surface area contributed by atoms with Gasteiger partial charge >= 0.3 is 0 Å². The van der Waals surface area contributed by atoms with Crippen LogP contribution in [0.1, 0.15) is 53.6 Å². The molecular weight excluding hydrogens is 408 g/mol. The summed E-state index contributed by atoms with van der Waals surface area (Å²) >= 11 is 0. The molecule has 168 valence electrons. The highest BCUT2D eigenvalue weighted by molar-refractivity contribution is 5.94. The third-order valence-electron chi connectivity index (χ3n) is 8.84. The number of H-pyrrole nitrogens is 1. The van der Waals surface area contributed by atoms with Gasteiger partial charge in [-0.15, -0.1) is 0 Å². The number of benzene rings is 1. The van der Waals surface area contributed by atoms with Crippen molar-refractivity contribution in [3.63, 3.8) is 0 Å². The Balaban J connectivity index is 1.32. The fourth-order valence-electron chi connectivity index (χ4n) is 7.26. The minimum Gasteiger partial charge on any atom is -0.504 e. The molecule has 0 radical (unpaired) electrons. The minimum atomic E-state index is -0.937. The second-order valence-electron chi connectivity index (χ2n) is 10.4. The monoisotopic (exact) mass is 436 g/mol. The Morgan fingerprint density at radius 3 is 2.97 bits per heavy atom. The van der Waals surface area contributed by atoms with Gasteiger partial charge in [0.25, 0.3) is 5.91 Å². The predicted octanol–water partition coefficient (Wildman–Crippen LogP) is 1.48. The van der Waals surface area contributed by atoms with Crippen molar-refractivity contribution >= 4 is 5.91 Å². The number of aliphatic hydroxyl groups is 1. The molecule has 2 bridgehead atoms. The first-order valence-corrected chi connectivity index (χ1v) is 11.8. The molecule has 4 N–H and O–H groups in total. The Morgan fingerprint density at radius 1 is 1.31 bits per heavy atom. The van der Waals surface area contributed by atoms with E-state index in [1.54, 1.807) is 12.3 Å².